The van der Waals surface area contributed by atoms with Gasteiger partial charge in [0.25, 0.3) is 5.91 Å². The number of amides is 1. The van der Waals surface area contributed by atoms with Crippen LogP contribution in [0.15, 0.2) is 16.5 Å². The molecule has 0 saturated heterocycles. The predicted octanol–water partition coefficient (Wildman–Crippen LogP) is 0.579. The summed E-state index contributed by atoms with van der Waals surface area (Å²) >= 11 is 0. The van der Waals surface area contributed by atoms with E-state index in [4.69, 9.17) is 15.3 Å². The zero-order valence-electron chi connectivity index (χ0n) is 9.60. The molecule has 0 aliphatic rings. The second-order valence-electron chi connectivity index (χ2n) is 3.88. The molecule has 1 aromatic rings. The minimum absolute atomic E-state index is 0.0203. The van der Waals surface area contributed by atoms with Gasteiger partial charge in [-0.2, -0.15) is 0 Å². The smallest absolute Gasteiger partial charge is 0.303 e. The molecule has 0 aliphatic carbocycles. The molecule has 0 spiro atoms. The first-order chi connectivity index (χ1) is 8.02. The summed E-state index contributed by atoms with van der Waals surface area (Å²) < 4.78 is 5.15. The van der Waals surface area contributed by atoms with Crippen LogP contribution in [0.4, 0.5) is 0 Å². The van der Waals surface area contributed by atoms with Crippen LogP contribution in [-0.4, -0.2) is 23.5 Å². The highest BCUT2D eigenvalue weighted by Gasteiger charge is 2.13. The lowest BCUT2D eigenvalue weighted by Crippen LogP contribution is -2.28. The van der Waals surface area contributed by atoms with Gasteiger partial charge in [0.15, 0.2) is 5.76 Å². The normalized spacial score (nSPS) is 12.1. The maximum atomic E-state index is 11.6. The topological polar surface area (TPSA) is 106 Å². The molecule has 0 bridgehead atoms. The molecular formula is C11H16N2O4. The van der Waals surface area contributed by atoms with Crippen molar-refractivity contribution >= 4 is 11.9 Å². The molecular weight excluding hydrogens is 224 g/mol. The fourth-order valence-corrected chi connectivity index (χ4v) is 1.33. The number of furan rings is 1. The summed E-state index contributed by atoms with van der Waals surface area (Å²) in [6.45, 7) is 2.29. The van der Waals surface area contributed by atoms with Gasteiger partial charge in [0.1, 0.15) is 5.76 Å². The van der Waals surface area contributed by atoms with Gasteiger partial charge in [-0.25, -0.2) is 0 Å². The first-order valence-electron chi connectivity index (χ1n) is 5.31. The average molecular weight is 240 g/mol. The summed E-state index contributed by atoms with van der Waals surface area (Å²) in [6, 6.07) is 3.18. The third kappa shape index (κ3) is 4.28. The maximum Gasteiger partial charge on any atom is 0.303 e. The number of hydrogen-bond donors (Lipinski definition) is 3. The van der Waals surface area contributed by atoms with E-state index in [1.807, 2.05) is 0 Å². The van der Waals surface area contributed by atoms with Crippen LogP contribution >= 0.6 is 0 Å². The Morgan fingerprint density at radius 3 is 2.76 bits per heavy atom. The average Bonchev–Trinajstić information content (AvgIpc) is 2.73. The van der Waals surface area contributed by atoms with Crippen LogP contribution in [0.2, 0.25) is 0 Å². The summed E-state index contributed by atoms with van der Waals surface area (Å²) in [5.74, 6) is -0.640. The second-order valence-corrected chi connectivity index (χ2v) is 3.88. The zero-order valence-corrected chi connectivity index (χ0v) is 9.60. The van der Waals surface area contributed by atoms with E-state index in [1.54, 1.807) is 19.1 Å². The van der Waals surface area contributed by atoms with Crippen molar-refractivity contribution in [2.45, 2.75) is 19.9 Å². The summed E-state index contributed by atoms with van der Waals surface area (Å²) in [4.78, 5) is 22.0. The number of rotatable bonds is 6. The van der Waals surface area contributed by atoms with Crippen molar-refractivity contribution in [3.63, 3.8) is 0 Å². The van der Waals surface area contributed by atoms with E-state index in [-0.39, 0.29) is 30.6 Å². The fourth-order valence-electron chi connectivity index (χ4n) is 1.33. The predicted molar refractivity (Wildman–Crippen MR) is 60.3 cm³/mol. The molecule has 0 aliphatic heterocycles. The Labute approximate surface area is 98.8 Å². The summed E-state index contributed by atoms with van der Waals surface area (Å²) in [5, 5.41) is 11.2. The molecule has 0 saturated carbocycles. The van der Waals surface area contributed by atoms with Crippen molar-refractivity contribution < 1.29 is 19.1 Å². The van der Waals surface area contributed by atoms with E-state index >= 15 is 0 Å². The number of carboxylic acid groups (broad SMARTS) is 1. The van der Waals surface area contributed by atoms with Gasteiger partial charge >= 0.3 is 5.97 Å². The van der Waals surface area contributed by atoms with Gasteiger partial charge in [0.05, 0.1) is 6.54 Å². The minimum atomic E-state index is -0.879. The molecule has 0 aromatic carbocycles. The van der Waals surface area contributed by atoms with E-state index in [9.17, 15) is 9.59 Å². The number of nitrogens with one attached hydrogen (secondary N) is 1. The van der Waals surface area contributed by atoms with Crippen LogP contribution in [0.25, 0.3) is 0 Å². The Bertz CT molecular complexity index is 400. The highest BCUT2D eigenvalue weighted by molar-refractivity contribution is 5.91. The lowest BCUT2D eigenvalue weighted by Gasteiger charge is -2.08. The molecule has 17 heavy (non-hydrogen) atoms. The van der Waals surface area contributed by atoms with Gasteiger partial charge < -0.3 is 20.6 Å². The first-order valence-corrected chi connectivity index (χ1v) is 5.31. The van der Waals surface area contributed by atoms with Crippen molar-refractivity contribution in [1.82, 2.24) is 5.32 Å². The Morgan fingerprint density at radius 1 is 1.53 bits per heavy atom. The van der Waals surface area contributed by atoms with Crippen molar-refractivity contribution in [2.24, 2.45) is 11.7 Å². The van der Waals surface area contributed by atoms with E-state index in [1.165, 1.54) is 0 Å². The lowest BCUT2D eigenvalue weighted by atomic mass is 10.1. The highest BCUT2D eigenvalue weighted by Crippen LogP contribution is 2.07. The zero-order chi connectivity index (χ0) is 12.8. The minimum Gasteiger partial charge on any atom is -0.481 e. The first kappa shape index (κ1) is 13.2. The molecule has 0 fully saturated rings. The number of carbonyl (C=O) groups excluding carboxylic acids is 1. The second kappa shape index (κ2) is 6.05. The molecule has 94 valence electrons. The summed E-state index contributed by atoms with van der Waals surface area (Å²) in [7, 11) is 0. The van der Waals surface area contributed by atoms with Crippen LogP contribution in [0.3, 0.4) is 0 Å². The fraction of sp³-hybridized carbons (Fsp3) is 0.455. The number of carbonyl (C=O) groups is 2. The lowest BCUT2D eigenvalue weighted by molar-refractivity contribution is -0.137. The standard InChI is InChI=1S/C11H16N2O4/c1-7(4-10(14)15)6-13-11(16)9-3-2-8(5-12)17-9/h2-3,7H,4-6,12H2,1H3,(H,13,16)(H,14,15). The van der Waals surface area contributed by atoms with Crippen LogP contribution in [0.5, 0.6) is 0 Å². The molecule has 1 atom stereocenters. The van der Waals surface area contributed by atoms with E-state index < -0.39 is 5.97 Å². The molecule has 6 nitrogen and oxygen atoms in total. The number of nitrogens with two attached hydrogens (primary N) is 1. The largest absolute Gasteiger partial charge is 0.481 e. The molecule has 1 heterocycles. The van der Waals surface area contributed by atoms with Crippen molar-refractivity contribution in [3.05, 3.63) is 23.7 Å². The summed E-state index contributed by atoms with van der Waals surface area (Å²) in [6.07, 6.45) is 0.0203. The third-order valence-corrected chi connectivity index (χ3v) is 2.22. The van der Waals surface area contributed by atoms with Gasteiger partial charge in [0.2, 0.25) is 0 Å². The molecule has 6 heteroatoms. The number of aliphatic carboxylic acids is 1. The molecule has 1 rings (SSSR count). The van der Waals surface area contributed by atoms with Crippen LogP contribution in [0, 0.1) is 5.92 Å². The number of hydrogen-bond acceptors (Lipinski definition) is 4. The molecule has 1 aromatic heterocycles. The van der Waals surface area contributed by atoms with E-state index in [0.717, 1.165) is 0 Å². The van der Waals surface area contributed by atoms with Gasteiger partial charge in [0, 0.05) is 13.0 Å². The van der Waals surface area contributed by atoms with Gasteiger partial charge in [-0.05, 0) is 18.1 Å². The monoisotopic (exact) mass is 240 g/mol. The van der Waals surface area contributed by atoms with Crippen LogP contribution in [0.1, 0.15) is 29.7 Å². The number of carboxylic acids is 1. The molecule has 1 amide bonds. The summed E-state index contributed by atoms with van der Waals surface area (Å²) in [5.41, 5.74) is 5.35. The van der Waals surface area contributed by atoms with Gasteiger partial charge in [-0.1, -0.05) is 6.92 Å². The highest BCUT2D eigenvalue weighted by atomic mass is 16.4. The van der Waals surface area contributed by atoms with Gasteiger partial charge in [-0.3, -0.25) is 9.59 Å². The van der Waals surface area contributed by atoms with E-state index in [0.29, 0.717) is 12.3 Å². The van der Waals surface area contributed by atoms with E-state index in [2.05, 4.69) is 5.32 Å². The van der Waals surface area contributed by atoms with Gasteiger partial charge in [-0.15, -0.1) is 0 Å². The van der Waals surface area contributed by atoms with Crippen molar-refractivity contribution in [2.75, 3.05) is 6.54 Å². The Morgan fingerprint density at radius 2 is 2.24 bits per heavy atom. The Hall–Kier alpha value is -1.82. The maximum absolute atomic E-state index is 11.6. The Balaban J connectivity index is 2.41. The van der Waals surface area contributed by atoms with Crippen LogP contribution in [-0.2, 0) is 11.3 Å². The van der Waals surface area contributed by atoms with Crippen molar-refractivity contribution in [1.29, 1.82) is 0 Å². The third-order valence-electron chi connectivity index (χ3n) is 2.22. The Kier molecular flexibility index (Phi) is 4.71. The molecule has 0 radical (unpaired) electrons. The van der Waals surface area contributed by atoms with Crippen molar-refractivity contribution in [3.8, 4) is 0 Å². The quantitative estimate of drug-likeness (QED) is 0.674. The molecule has 4 N–H and O–H groups in total. The van der Waals surface area contributed by atoms with Crippen LogP contribution < -0.4 is 11.1 Å². The molecule has 1 unspecified atom stereocenters. The SMILES string of the molecule is CC(CNC(=O)c1ccc(CN)o1)CC(=O)O.